The summed E-state index contributed by atoms with van der Waals surface area (Å²) in [4.78, 5) is 17.9. The zero-order valence-electron chi connectivity index (χ0n) is 15.7. The van der Waals surface area contributed by atoms with Gasteiger partial charge in [0.05, 0.1) is 22.3 Å². The van der Waals surface area contributed by atoms with Gasteiger partial charge in [0.2, 0.25) is 5.78 Å². The van der Waals surface area contributed by atoms with Crippen molar-refractivity contribution in [1.29, 1.82) is 0 Å². The molecule has 3 aromatic heterocycles. The lowest BCUT2D eigenvalue weighted by Crippen LogP contribution is -2.02. The molecule has 0 saturated carbocycles. The molecule has 1 aromatic carbocycles. The minimum Gasteiger partial charge on any atom is -0.382 e. The quantitative estimate of drug-likeness (QED) is 0.370. The van der Waals surface area contributed by atoms with Crippen molar-refractivity contribution in [3.63, 3.8) is 0 Å². The lowest BCUT2D eigenvalue weighted by atomic mass is 10.1. The van der Waals surface area contributed by atoms with Crippen molar-refractivity contribution >= 4 is 28.5 Å². The summed E-state index contributed by atoms with van der Waals surface area (Å²) in [6, 6.07) is 13.8. The molecule has 0 fully saturated rings. The van der Waals surface area contributed by atoms with E-state index in [0.29, 0.717) is 16.1 Å². The monoisotopic (exact) mass is 388 g/mol. The summed E-state index contributed by atoms with van der Waals surface area (Å²) in [6.45, 7) is 4.94. The van der Waals surface area contributed by atoms with Crippen LogP contribution in [0.3, 0.4) is 0 Å². The molecule has 0 atom stereocenters. The van der Waals surface area contributed by atoms with Gasteiger partial charge in [-0.05, 0) is 43.5 Å². The van der Waals surface area contributed by atoms with E-state index in [2.05, 4.69) is 41.4 Å². The zero-order valence-corrected chi connectivity index (χ0v) is 16.5. The molecule has 0 saturated heterocycles. The standard InChI is InChI=1S/C22H20N4OS/c1-15(2)8-10-23-17-6-3-5-16(13-17)19-9-11-24-22-18(14-25-26(19)22)21(27)20-7-4-12-28-20/h3-9,11-14,23H,10H2,1-2H3. The van der Waals surface area contributed by atoms with E-state index < -0.39 is 0 Å². The van der Waals surface area contributed by atoms with Crippen LogP contribution in [0, 0.1) is 0 Å². The number of anilines is 1. The summed E-state index contributed by atoms with van der Waals surface area (Å²) in [7, 11) is 0. The number of nitrogens with one attached hydrogen (secondary N) is 1. The molecule has 0 spiro atoms. The first-order chi connectivity index (χ1) is 13.6. The zero-order chi connectivity index (χ0) is 19.5. The van der Waals surface area contributed by atoms with Gasteiger partial charge >= 0.3 is 0 Å². The molecular formula is C22H20N4OS. The summed E-state index contributed by atoms with van der Waals surface area (Å²) in [5.41, 5.74) is 5.29. The van der Waals surface area contributed by atoms with Gasteiger partial charge in [-0.1, -0.05) is 29.8 Å². The Kier molecular flexibility index (Phi) is 5.04. The van der Waals surface area contributed by atoms with Gasteiger partial charge in [0.25, 0.3) is 0 Å². The normalized spacial score (nSPS) is 10.8. The van der Waals surface area contributed by atoms with E-state index in [4.69, 9.17) is 0 Å². The molecular weight excluding hydrogens is 368 g/mol. The number of allylic oxidation sites excluding steroid dienone is 1. The van der Waals surface area contributed by atoms with Crippen LogP contribution >= 0.6 is 11.3 Å². The molecule has 0 unspecified atom stereocenters. The maximum absolute atomic E-state index is 12.8. The fourth-order valence-corrected chi connectivity index (χ4v) is 3.65. The highest BCUT2D eigenvalue weighted by Gasteiger charge is 2.18. The summed E-state index contributed by atoms with van der Waals surface area (Å²) in [6.07, 6.45) is 5.47. The third-order valence-electron chi connectivity index (χ3n) is 4.37. The second kappa shape index (κ2) is 7.78. The molecule has 0 aliphatic heterocycles. The molecule has 0 amide bonds. The second-order valence-electron chi connectivity index (χ2n) is 6.67. The van der Waals surface area contributed by atoms with Crippen LogP contribution in [0.2, 0.25) is 0 Å². The average Bonchev–Trinajstić information content (AvgIpc) is 3.37. The summed E-state index contributed by atoms with van der Waals surface area (Å²) in [5, 5.41) is 9.75. The number of carbonyl (C=O) groups is 1. The predicted octanol–water partition coefficient (Wildman–Crippen LogP) is 5.07. The van der Waals surface area contributed by atoms with Crippen LogP contribution in [0.1, 0.15) is 29.1 Å². The number of fused-ring (bicyclic) bond motifs is 1. The average molecular weight is 388 g/mol. The van der Waals surface area contributed by atoms with Crippen molar-refractivity contribution < 1.29 is 4.79 Å². The van der Waals surface area contributed by atoms with Crippen LogP contribution in [0.15, 0.2) is 71.9 Å². The lowest BCUT2D eigenvalue weighted by molar-refractivity contribution is 0.104. The van der Waals surface area contributed by atoms with Gasteiger partial charge in [-0.2, -0.15) is 5.10 Å². The van der Waals surface area contributed by atoms with Gasteiger partial charge in [-0.25, -0.2) is 9.50 Å². The van der Waals surface area contributed by atoms with Gasteiger partial charge in [0.1, 0.15) is 0 Å². The maximum atomic E-state index is 12.8. The Morgan fingerprint density at radius 1 is 1.21 bits per heavy atom. The van der Waals surface area contributed by atoms with E-state index >= 15 is 0 Å². The summed E-state index contributed by atoms with van der Waals surface area (Å²) >= 11 is 1.42. The van der Waals surface area contributed by atoms with Crippen LogP contribution in [-0.4, -0.2) is 26.9 Å². The van der Waals surface area contributed by atoms with Crippen LogP contribution in [0.25, 0.3) is 16.9 Å². The molecule has 28 heavy (non-hydrogen) atoms. The molecule has 0 radical (unpaired) electrons. The minimum atomic E-state index is -0.0493. The highest BCUT2D eigenvalue weighted by Crippen LogP contribution is 2.25. The number of thiophene rings is 1. The highest BCUT2D eigenvalue weighted by molar-refractivity contribution is 7.12. The predicted molar refractivity (Wildman–Crippen MR) is 114 cm³/mol. The van der Waals surface area contributed by atoms with Gasteiger partial charge in [-0.15, -0.1) is 11.3 Å². The van der Waals surface area contributed by atoms with E-state index in [-0.39, 0.29) is 5.78 Å². The van der Waals surface area contributed by atoms with E-state index in [1.54, 1.807) is 16.9 Å². The van der Waals surface area contributed by atoms with Crippen molar-refractivity contribution in [3.05, 3.63) is 82.3 Å². The van der Waals surface area contributed by atoms with Crippen LogP contribution in [-0.2, 0) is 0 Å². The Labute approximate surface area is 167 Å². The molecule has 5 nitrogen and oxygen atoms in total. The first-order valence-corrected chi connectivity index (χ1v) is 9.90. The van der Waals surface area contributed by atoms with Gasteiger partial charge in [0, 0.05) is 24.0 Å². The number of rotatable bonds is 6. The topological polar surface area (TPSA) is 59.3 Å². The summed E-state index contributed by atoms with van der Waals surface area (Å²) in [5.74, 6) is -0.0493. The molecule has 0 aliphatic carbocycles. The number of carbonyl (C=O) groups excluding carboxylic acids is 1. The number of aromatic nitrogens is 3. The molecule has 3 heterocycles. The largest absolute Gasteiger partial charge is 0.382 e. The fraction of sp³-hybridized carbons (Fsp3) is 0.136. The van der Waals surface area contributed by atoms with Gasteiger partial charge in [0.15, 0.2) is 5.65 Å². The minimum absolute atomic E-state index is 0.0493. The van der Waals surface area contributed by atoms with Crippen molar-refractivity contribution in [3.8, 4) is 11.3 Å². The Hall–Kier alpha value is -3.25. The smallest absolute Gasteiger partial charge is 0.208 e. The number of nitrogens with zero attached hydrogens (tertiary/aromatic N) is 3. The highest BCUT2D eigenvalue weighted by atomic mass is 32.1. The van der Waals surface area contributed by atoms with Crippen molar-refractivity contribution in [2.75, 3.05) is 11.9 Å². The van der Waals surface area contributed by atoms with Crippen molar-refractivity contribution in [1.82, 2.24) is 14.6 Å². The molecule has 1 N–H and O–H groups in total. The Balaban J connectivity index is 1.70. The van der Waals surface area contributed by atoms with Crippen LogP contribution in [0.5, 0.6) is 0 Å². The number of hydrogen-bond donors (Lipinski definition) is 1. The molecule has 4 aromatic rings. The fourth-order valence-electron chi connectivity index (χ4n) is 2.97. The first kappa shape index (κ1) is 18.1. The van der Waals surface area contributed by atoms with Crippen LogP contribution < -0.4 is 5.32 Å². The third kappa shape index (κ3) is 3.59. The van der Waals surface area contributed by atoms with Gasteiger partial charge in [-0.3, -0.25) is 4.79 Å². The molecule has 0 bridgehead atoms. The van der Waals surface area contributed by atoms with E-state index in [9.17, 15) is 4.79 Å². The first-order valence-electron chi connectivity index (χ1n) is 9.02. The van der Waals surface area contributed by atoms with Gasteiger partial charge < -0.3 is 5.32 Å². The SMILES string of the molecule is CC(C)=CCNc1cccc(-c2ccnc3c(C(=O)c4cccs4)cnn23)c1. The molecule has 6 heteroatoms. The van der Waals surface area contributed by atoms with Crippen molar-refractivity contribution in [2.24, 2.45) is 0 Å². The maximum Gasteiger partial charge on any atom is 0.208 e. The second-order valence-corrected chi connectivity index (χ2v) is 7.62. The van der Waals surface area contributed by atoms with E-state index in [1.807, 2.05) is 41.8 Å². The van der Waals surface area contributed by atoms with Crippen LogP contribution in [0.4, 0.5) is 5.69 Å². The van der Waals surface area contributed by atoms with E-state index in [0.717, 1.165) is 23.5 Å². The third-order valence-corrected chi connectivity index (χ3v) is 5.23. The van der Waals surface area contributed by atoms with E-state index in [1.165, 1.54) is 16.9 Å². The Morgan fingerprint density at radius 3 is 2.89 bits per heavy atom. The molecule has 4 rings (SSSR count). The van der Waals surface area contributed by atoms with Crippen molar-refractivity contribution in [2.45, 2.75) is 13.8 Å². The molecule has 0 aliphatic rings. The lowest BCUT2D eigenvalue weighted by Gasteiger charge is -2.09. The molecule has 140 valence electrons. The summed E-state index contributed by atoms with van der Waals surface area (Å²) < 4.78 is 1.73. The Bertz CT molecular complexity index is 1150. The number of benzene rings is 1. The number of ketones is 1. The Morgan fingerprint density at radius 2 is 2.11 bits per heavy atom. The number of hydrogen-bond acceptors (Lipinski definition) is 5.